The minimum Gasteiger partial charge on any atom is -0.497 e. The topological polar surface area (TPSA) is 75.2 Å². The fraction of sp³-hybridized carbons (Fsp3) is 0.364. The Labute approximate surface area is 206 Å². The Hall–Kier alpha value is -2.20. The number of likely N-dealkylation sites (N-methyl/N-ethyl adjacent to an activating group) is 1. The van der Waals surface area contributed by atoms with Gasteiger partial charge in [0.05, 0.1) is 7.11 Å². The van der Waals surface area contributed by atoms with Gasteiger partial charge < -0.3 is 25.0 Å². The van der Waals surface area contributed by atoms with Gasteiger partial charge in [-0.25, -0.2) is 0 Å². The van der Waals surface area contributed by atoms with Crippen LogP contribution < -0.4 is 20.1 Å². The molecule has 9 heteroatoms. The summed E-state index contributed by atoms with van der Waals surface area (Å²) in [6.07, 6.45) is 0.757. The van der Waals surface area contributed by atoms with Gasteiger partial charge in [-0.1, -0.05) is 29.8 Å². The third kappa shape index (κ3) is 9.22. The monoisotopic (exact) mass is 560 g/mol. The summed E-state index contributed by atoms with van der Waals surface area (Å²) in [5.74, 6) is 2.00. The number of carbonyl (C=O) groups is 1. The number of nitrogens with one attached hydrogen (secondary N) is 2. The van der Waals surface area contributed by atoms with E-state index in [4.69, 9.17) is 21.1 Å². The summed E-state index contributed by atoms with van der Waals surface area (Å²) in [5.41, 5.74) is 2.06. The van der Waals surface area contributed by atoms with E-state index < -0.39 is 0 Å². The molecule has 0 aliphatic carbocycles. The normalized spacial score (nSPS) is 10.7. The van der Waals surface area contributed by atoms with E-state index in [0.717, 1.165) is 23.3 Å². The molecule has 2 rings (SSSR count). The highest BCUT2D eigenvalue weighted by atomic mass is 127. The maximum Gasteiger partial charge on any atom is 0.259 e. The van der Waals surface area contributed by atoms with Crippen molar-refractivity contribution in [3.63, 3.8) is 0 Å². The molecule has 0 aliphatic heterocycles. The van der Waals surface area contributed by atoms with Gasteiger partial charge in [0.1, 0.15) is 11.5 Å². The van der Waals surface area contributed by atoms with Gasteiger partial charge in [-0.3, -0.25) is 9.79 Å². The summed E-state index contributed by atoms with van der Waals surface area (Å²) in [4.78, 5) is 17.4. The molecular weight excluding hydrogens is 531 g/mol. The molecule has 0 unspecified atom stereocenters. The first-order valence-electron chi connectivity index (χ1n) is 9.61. The van der Waals surface area contributed by atoms with Crippen LogP contribution in [-0.2, 0) is 17.8 Å². The number of benzene rings is 2. The highest BCUT2D eigenvalue weighted by Crippen LogP contribution is 2.22. The van der Waals surface area contributed by atoms with Gasteiger partial charge in [-0.05, 0) is 41.8 Å². The lowest BCUT2D eigenvalue weighted by atomic mass is 10.1. The number of nitrogens with zero attached hydrogens (tertiary/aromatic N) is 2. The Morgan fingerprint density at radius 3 is 2.55 bits per heavy atom. The Morgan fingerprint density at radius 1 is 1.13 bits per heavy atom. The molecule has 31 heavy (non-hydrogen) atoms. The number of amides is 1. The molecule has 0 saturated heterocycles. The first kappa shape index (κ1) is 26.8. The second-order valence-corrected chi connectivity index (χ2v) is 7.19. The number of aliphatic imine (C=N–C) groups is 1. The van der Waals surface area contributed by atoms with Gasteiger partial charge >= 0.3 is 0 Å². The van der Waals surface area contributed by atoms with Crippen molar-refractivity contribution in [2.24, 2.45) is 4.99 Å². The molecule has 0 aliphatic rings. The van der Waals surface area contributed by atoms with Crippen LogP contribution in [0.15, 0.2) is 47.5 Å². The first-order valence-corrected chi connectivity index (χ1v) is 9.99. The molecule has 0 spiro atoms. The second kappa shape index (κ2) is 14.0. The van der Waals surface area contributed by atoms with Crippen LogP contribution in [-0.4, -0.2) is 58.2 Å². The SMILES string of the molecule is CN=C(NCCc1ccc(OC)cc1Cl)NCc1cccc(OCC(=O)N(C)C)c1.I. The minimum absolute atomic E-state index is 0. The Kier molecular flexibility index (Phi) is 12.1. The third-order valence-electron chi connectivity index (χ3n) is 4.39. The lowest BCUT2D eigenvalue weighted by Gasteiger charge is -2.14. The lowest BCUT2D eigenvalue weighted by molar-refractivity contribution is -0.130. The third-order valence-corrected chi connectivity index (χ3v) is 4.74. The van der Waals surface area contributed by atoms with Gasteiger partial charge in [-0.15, -0.1) is 24.0 Å². The smallest absolute Gasteiger partial charge is 0.259 e. The van der Waals surface area contributed by atoms with Crippen LogP contribution in [0.4, 0.5) is 0 Å². The van der Waals surface area contributed by atoms with Crippen LogP contribution in [0.25, 0.3) is 0 Å². The van der Waals surface area contributed by atoms with E-state index in [0.29, 0.717) is 29.8 Å². The van der Waals surface area contributed by atoms with E-state index in [1.165, 1.54) is 4.90 Å². The van der Waals surface area contributed by atoms with Crippen LogP contribution in [0.3, 0.4) is 0 Å². The zero-order valence-corrected chi connectivity index (χ0v) is 21.4. The van der Waals surface area contributed by atoms with Crippen LogP contribution in [0.1, 0.15) is 11.1 Å². The van der Waals surface area contributed by atoms with E-state index >= 15 is 0 Å². The van der Waals surface area contributed by atoms with Gasteiger partial charge in [0.2, 0.25) is 0 Å². The van der Waals surface area contributed by atoms with Crippen LogP contribution >= 0.6 is 35.6 Å². The summed E-state index contributed by atoms with van der Waals surface area (Å²) in [6, 6.07) is 13.3. The average Bonchev–Trinajstić information content (AvgIpc) is 2.75. The molecule has 0 saturated carbocycles. The summed E-state index contributed by atoms with van der Waals surface area (Å²) in [7, 11) is 6.75. The van der Waals surface area contributed by atoms with Crippen molar-refractivity contribution in [2.45, 2.75) is 13.0 Å². The number of carbonyl (C=O) groups excluding carboxylic acids is 1. The van der Waals surface area contributed by atoms with Gasteiger partial charge in [0, 0.05) is 39.3 Å². The van der Waals surface area contributed by atoms with Crippen molar-refractivity contribution < 1.29 is 14.3 Å². The molecule has 7 nitrogen and oxygen atoms in total. The summed E-state index contributed by atoms with van der Waals surface area (Å²) in [5, 5.41) is 7.23. The molecule has 2 aromatic carbocycles. The summed E-state index contributed by atoms with van der Waals surface area (Å²) < 4.78 is 10.7. The number of ether oxygens (including phenoxy) is 2. The van der Waals surface area contributed by atoms with E-state index in [1.54, 1.807) is 28.3 Å². The van der Waals surface area contributed by atoms with E-state index in [-0.39, 0.29) is 36.5 Å². The average molecular weight is 561 g/mol. The standard InChI is InChI=1S/C22H29ClN4O3.HI/c1-24-22(25-11-10-17-8-9-18(29-4)13-20(17)23)26-14-16-6-5-7-19(12-16)30-15-21(28)27(2)3;/h5-9,12-13H,10-11,14-15H2,1-4H3,(H2,24,25,26);1H. The van der Waals surface area contributed by atoms with Gasteiger partial charge in [0.15, 0.2) is 12.6 Å². The quantitative estimate of drug-likeness (QED) is 0.280. The van der Waals surface area contributed by atoms with Crippen LogP contribution in [0, 0.1) is 0 Å². The first-order chi connectivity index (χ1) is 14.4. The number of hydrogen-bond acceptors (Lipinski definition) is 4. The number of halogens is 2. The van der Waals surface area contributed by atoms with Gasteiger partial charge in [-0.2, -0.15) is 0 Å². The van der Waals surface area contributed by atoms with Crippen molar-refractivity contribution in [2.75, 3.05) is 41.4 Å². The maximum atomic E-state index is 11.7. The Balaban J connectivity index is 0.00000480. The molecule has 0 atom stereocenters. The number of methoxy groups -OCH3 is 1. The molecule has 0 bridgehead atoms. The predicted molar refractivity (Wildman–Crippen MR) is 136 cm³/mol. The zero-order chi connectivity index (χ0) is 21.9. The van der Waals surface area contributed by atoms with Gasteiger partial charge in [0.25, 0.3) is 5.91 Å². The minimum atomic E-state index is -0.0832. The molecule has 0 aromatic heterocycles. The summed E-state index contributed by atoms with van der Waals surface area (Å²) in [6.45, 7) is 1.27. The fourth-order valence-electron chi connectivity index (χ4n) is 2.60. The fourth-order valence-corrected chi connectivity index (χ4v) is 2.86. The molecule has 0 radical (unpaired) electrons. The molecule has 0 heterocycles. The van der Waals surface area contributed by atoms with Crippen molar-refractivity contribution in [1.29, 1.82) is 0 Å². The Morgan fingerprint density at radius 2 is 1.90 bits per heavy atom. The van der Waals surface area contributed by atoms with Crippen molar-refractivity contribution >= 4 is 47.4 Å². The molecule has 2 aromatic rings. The molecule has 0 fully saturated rings. The van der Waals surface area contributed by atoms with Crippen LogP contribution in [0.2, 0.25) is 5.02 Å². The highest BCUT2D eigenvalue weighted by Gasteiger charge is 2.06. The second-order valence-electron chi connectivity index (χ2n) is 6.78. The van der Waals surface area contributed by atoms with E-state index in [1.807, 2.05) is 42.5 Å². The number of hydrogen-bond donors (Lipinski definition) is 2. The Bertz CT molecular complexity index is 878. The highest BCUT2D eigenvalue weighted by molar-refractivity contribution is 14.0. The number of guanidine groups is 1. The molecule has 170 valence electrons. The van der Waals surface area contributed by atoms with Crippen molar-refractivity contribution in [3.05, 3.63) is 58.6 Å². The molecule has 2 N–H and O–H groups in total. The summed E-state index contributed by atoms with van der Waals surface area (Å²) >= 11 is 6.29. The zero-order valence-electron chi connectivity index (χ0n) is 18.3. The lowest BCUT2D eigenvalue weighted by Crippen LogP contribution is -2.37. The largest absolute Gasteiger partial charge is 0.497 e. The molecule has 1 amide bonds. The van der Waals surface area contributed by atoms with E-state index in [2.05, 4.69) is 15.6 Å². The van der Waals surface area contributed by atoms with E-state index in [9.17, 15) is 4.79 Å². The number of rotatable bonds is 9. The van der Waals surface area contributed by atoms with Crippen molar-refractivity contribution in [3.8, 4) is 11.5 Å². The molecular formula is C22H30ClIN4O3. The van der Waals surface area contributed by atoms with Crippen molar-refractivity contribution in [1.82, 2.24) is 15.5 Å². The van der Waals surface area contributed by atoms with Crippen LogP contribution in [0.5, 0.6) is 11.5 Å². The maximum absolute atomic E-state index is 11.7. The predicted octanol–water partition coefficient (Wildman–Crippen LogP) is 3.34.